The molecule has 1 aromatic heterocycles. The number of carbonyl (C=O) groups excluding carboxylic acids is 1. The summed E-state index contributed by atoms with van der Waals surface area (Å²) in [6, 6.07) is 6.43. The van der Waals surface area contributed by atoms with Gasteiger partial charge >= 0.3 is 0 Å². The Morgan fingerprint density at radius 3 is 2.76 bits per heavy atom. The summed E-state index contributed by atoms with van der Waals surface area (Å²) in [5, 5.41) is 2.88. The van der Waals surface area contributed by atoms with Gasteiger partial charge in [0.2, 0.25) is 0 Å². The third kappa shape index (κ3) is 3.28. The minimum absolute atomic E-state index is 0.150. The Kier molecular flexibility index (Phi) is 4.97. The predicted molar refractivity (Wildman–Crippen MR) is 129 cm³/mol. The van der Waals surface area contributed by atoms with Gasteiger partial charge in [0.05, 0.1) is 17.0 Å². The van der Waals surface area contributed by atoms with Crippen LogP contribution in [0, 0.1) is 29.1 Å². The molecule has 2 saturated carbocycles. The van der Waals surface area contributed by atoms with Gasteiger partial charge in [0.25, 0.3) is 0 Å². The summed E-state index contributed by atoms with van der Waals surface area (Å²) >= 11 is 1.57. The third-order valence-corrected chi connectivity index (χ3v) is 9.01. The van der Waals surface area contributed by atoms with Crippen LogP contribution in [0.4, 0.5) is 0 Å². The summed E-state index contributed by atoms with van der Waals surface area (Å²) in [6.45, 7) is 0. The molecule has 1 aliphatic heterocycles. The number of hydrogen-bond donors (Lipinski definition) is 1. The highest BCUT2D eigenvalue weighted by molar-refractivity contribution is 7.09. The van der Waals surface area contributed by atoms with E-state index in [0.717, 1.165) is 48.2 Å². The number of aliphatic imine (C=N–C) groups is 1. The molecule has 0 saturated heterocycles. The van der Waals surface area contributed by atoms with Crippen LogP contribution in [-0.4, -0.2) is 29.8 Å². The molecule has 2 unspecified atom stereocenters. The Balaban J connectivity index is 1.45. The van der Waals surface area contributed by atoms with Crippen molar-refractivity contribution < 1.29 is 9.53 Å². The Bertz CT molecular complexity index is 1180. The second-order valence-corrected chi connectivity index (χ2v) is 11.1. The van der Waals surface area contributed by atoms with Gasteiger partial charge in [-0.3, -0.25) is 9.79 Å². The van der Waals surface area contributed by atoms with Crippen molar-refractivity contribution in [1.82, 2.24) is 4.98 Å². The second-order valence-electron chi connectivity index (χ2n) is 10.1. The number of rotatable bonds is 3. The number of carbonyl (C=O) groups is 1. The van der Waals surface area contributed by atoms with Gasteiger partial charge in [-0.25, -0.2) is 4.98 Å². The number of hydrogen-bond acceptors (Lipinski definition) is 6. The fraction of sp³-hybridized carbons (Fsp3) is 0.519. The molecule has 3 aliphatic carbocycles. The van der Waals surface area contributed by atoms with Gasteiger partial charge in [-0.05, 0) is 68.2 Å². The largest absolute Gasteiger partial charge is 0.387 e. The van der Waals surface area contributed by atoms with E-state index >= 15 is 0 Å². The van der Waals surface area contributed by atoms with Crippen molar-refractivity contribution in [2.75, 3.05) is 7.11 Å². The molecule has 2 heterocycles. The van der Waals surface area contributed by atoms with E-state index in [0.29, 0.717) is 18.2 Å². The Morgan fingerprint density at radius 2 is 2.06 bits per heavy atom. The molecule has 4 aliphatic rings. The van der Waals surface area contributed by atoms with Crippen molar-refractivity contribution in [2.24, 2.45) is 28.0 Å². The van der Waals surface area contributed by atoms with E-state index in [1.165, 1.54) is 18.4 Å². The number of amidine groups is 1. The van der Waals surface area contributed by atoms with Gasteiger partial charge < -0.3 is 10.5 Å². The van der Waals surface area contributed by atoms with Crippen LogP contribution in [0.25, 0.3) is 0 Å². The van der Waals surface area contributed by atoms with Gasteiger partial charge in [-0.15, -0.1) is 11.3 Å². The third-order valence-electron chi connectivity index (χ3n) is 8.21. The molecule has 0 bridgehead atoms. The van der Waals surface area contributed by atoms with Crippen molar-refractivity contribution in [3.63, 3.8) is 0 Å². The first-order chi connectivity index (χ1) is 16.0. The maximum absolute atomic E-state index is 14.4. The van der Waals surface area contributed by atoms with E-state index in [2.05, 4.69) is 35.0 Å². The Hall–Kier alpha value is -2.49. The maximum atomic E-state index is 14.4. The van der Waals surface area contributed by atoms with Crippen LogP contribution >= 0.6 is 11.3 Å². The Morgan fingerprint density at radius 1 is 1.24 bits per heavy atom. The number of Topliss-reactive ketones (excluding diaryl/α,β-unsaturated/α-hetero) is 1. The summed E-state index contributed by atoms with van der Waals surface area (Å²) in [7, 11) is 1.79. The van der Waals surface area contributed by atoms with E-state index in [4.69, 9.17) is 15.5 Å². The molecule has 2 N–H and O–H groups in total. The molecule has 5 nitrogen and oxygen atoms in total. The molecule has 33 heavy (non-hydrogen) atoms. The van der Waals surface area contributed by atoms with E-state index in [-0.39, 0.29) is 17.3 Å². The highest BCUT2D eigenvalue weighted by Crippen LogP contribution is 2.62. The van der Waals surface area contributed by atoms with Gasteiger partial charge in [-0.2, -0.15) is 0 Å². The monoisotopic (exact) mass is 459 g/mol. The molecule has 6 rings (SSSR count). The van der Waals surface area contributed by atoms with Gasteiger partial charge in [0.15, 0.2) is 11.3 Å². The molecule has 0 amide bonds. The zero-order chi connectivity index (χ0) is 22.6. The molecule has 1 aromatic carbocycles. The maximum Gasteiger partial charge on any atom is 0.176 e. The lowest BCUT2D eigenvalue weighted by Crippen LogP contribution is -2.50. The van der Waals surface area contributed by atoms with Crippen molar-refractivity contribution in [3.8, 4) is 11.8 Å². The molecule has 0 radical (unpaired) electrons. The SMILES string of the molecule is COC1CCC2(CC1)Cc1ccc(C#CC3CC3)cc1C21N=C(N)C(Cc2nccs2)C1=O. The van der Waals surface area contributed by atoms with Crippen LogP contribution in [0.2, 0.25) is 0 Å². The first-order valence-corrected chi connectivity index (χ1v) is 12.9. The number of thiazole rings is 1. The predicted octanol–water partition coefficient (Wildman–Crippen LogP) is 4.03. The normalized spacial score (nSPS) is 32.6. The van der Waals surface area contributed by atoms with Crippen LogP contribution in [0.5, 0.6) is 0 Å². The van der Waals surface area contributed by atoms with E-state index in [9.17, 15) is 4.79 Å². The minimum atomic E-state index is -0.912. The first-order valence-electron chi connectivity index (χ1n) is 12.0. The quantitative estimate of drug-likeness (QED) is 0.703. The topological polar surface area (TPSA) is 77.6 Å². The fourth-order valence-electron chi connectivity index (χ4n) is 6.27. The first kappa shape index (κ1) is 21.1. The molecular weight excluding hydrogens is 430 g/mol. The van der Waals surface area contributed by atoms with Crippen LogP contribution in [0.3, 0.4) is 0 Å². The number of nitrogens with two attached hydrogens (primary N) is 1. The average molecular weight is 460 g/mol. The number of fused-ring (bicyclic) bond motifs is 3. The smallest absolute Gasteiger partial charge is 0.176 e. The van der Waals surface area contributed by atoms with Gasteiger partial charge in [0, 0.05) is 42.0 Å². The molecule has 2 atom stereocenters. The summed E-state index contributed by atoms with van der Waals surface area (Å²) in [5.74, 6) is 7.45. The average Bonchev–Trinajstić information content (AvgIpc) is 3.36. The number of methoxy groups -OCH3 is 1. The van der Waals surface area contributed by atoms with Crippen LogP contribution in [0.1, 0.15) is 60.2 Å². The van der Waals surface area contributed by atoms with E-state index < -0.39 is 11.5 Å². The zero-order valence-corrected chi connectivity index (χ0v) is 19.8. The highest BCUT2D eigenvalue weighted by Gasteiger charge is 2.66. The lowest BCUT2D eigenvalue weighted by atomic mass is 9.59. The van der Waals surface area contributed by atoms with Crippen molar-refractivity contribution >= 4 is 23.0 Å². The van der Waals surface area contributed by atoms with Crippen molar-refractivity contribution in [3.05, 3.63) is 51.5 Å². The number of aromatic nitrogens is 1. The number of nitrogens with zero attached hydrogens (tertiary/aromatic N) is 2. The minimum Gasteiger partial charge on any atom is -0.387 e. The molecule has 2 fully saturated rings. The van der Waals surface area contributed by atoms with Gasteiger partial charge in [0.1, 0.15) is 5.84 Å². The van der Waals surface area contributed by atoms with Crippen LogP contribution < -0.4 is 5.73 Å². The highest BCUT2D eigenvalue weighted by atomic mass is 32.1. The Labute approximate surface area is 198 Å². The number of benzene rings is 1. The van der Waals surface area contributed by atoms with E-state index in [1.54, 1.807) is 24.6 Å². The molecule has 6 heteroatoms. The summed E-state index contributed by atoms with van der Waals surface area (Å²) in [5.41, 5.74) is 8.62. The molecule has 2 spiro atoms. The standard InChI is InChI=1S/C27H29N3O2S/c1-32-20-8-10-26(11-9-20)16-19-7-6-18(5-4-17-2-3-17)14-22(19)27(26)24(31)21(25(28)30-27)15-23-29-12-13-33-23/h6-7,12-14,17,20-21H,2-3,8-11,15-16H2,1H3,(H2,28,30). The number of ketones is 1. The van der Waals surface area contributed by atoms with Crippen molar-refractivity contribution in [1.29, 1.82) is 0 Å². The molecule has 2 aromatic rings. The van der Waals surface area contributed by atoms with E-state index in [1.807, 2.05) is 5.38 Å². The summed E-state index contributed by atoms with van der Waals surface area (Å²) in [4.78, 5) is 23.9. The lowest BCUT2D eigenvalue weighted by molar-refractivity contribution is -0.131. The lowest BCUT2D eigenvalue weighted by Gasteiger charge is -2.45. The van der Waals surface area contributed by atoms with Crippen LogP contribution in [-0.2, 0) is 27.9 Å². The molecular formula is C27H29N3O2S. The van der Waals surface area contributed by atoms with Gasteiger partial charge in [-0.1, -0.05) is 17.9 Å². The summed E-state index contributed by atoms with van der Waals surface area (Å²) < 4.78 is 5.67. The number of ether oxygens (including phenoxy) is 1. The van der Waals surface area contributed by atoms with Crippen molar-refractivity contribution in [2.45, 2.75) is 63.0 Å². The fourth-order valence-corrected chi connectivity index (χ4v) is 6.93. The molecule has 170 valence electrons. The second kappa shape index (κ2) is 7.78. The zero-order valence-electron chi connectivity index (χ0n) is 19.0. The van der Waals surface area contributed by atoms with Crippen LogP contribution in [0.15, 0.2) is 34.8 Å². The summed E-state index contributed by atoms with van der Waals surface area (Å²) in [6.07, 6.45) is 9.54.